The number of aromatic amines is 1. The Morgan fingerprint density at radius 3 is 2.53 bits per heavy atom. The molecule has 0 aliphatic rings. The molecule has 0 spiro atoms. The van der Waals surface area contributed by atoms with Crippen LogP contribution in [0.1, 0.15) is 25.6 Å². The van der Waals surface area contributed by atoms with E-state index in [-0.39, 0.29) is 12.3 Å². The first-order valence-electron chi connectivity index (χ1n) is 10.3. The lowest BCUT2D eigenvalue weighted by Crippen LogP contribution is -2.28. The number of H-pyrrole nitrogens is 1. The summed E-state index contributed by atoms with van der Waals surface area (Å²) < 4.78 is 9.35. The van der Waals surface area contributed by atoms with Crippen molar-refractivity contribution >= 4 is 32.7 Å². The summed E-state index contributed by atoms with van der Waals surface area (Å²) in [5.41, 5.74) is 3.55. The minimum absolute atomic E-state index is 0.140. The Morgan fingerprint density at radius 2 is 1.78 bits per heavy atom. The van der Waals surface area contributed by atoms with Gasteiger partial charge in [0.1, 0.15) is 17.9 Å². The van der Waals surface area contributed by atoms with E-state index in [9.17, 15) is 4.79 Å². The highest BCUT2D eigenvalue weighted by Gasteiger charge is 2.18. The van der Waals surface area contributed by atoms with Crippen LogP contribution < -0.4 is 10.4 Å². The second-order valence-electron chi connectivity index (χ2n) is 7.33. The zero-order valence-corrected chi connectivity index (χ0v) is 18.9. The van der Waals surface area contributed by atoms with Crippen LogP contribution in [0.15, 0.2) is 58.3 Å². The molecule has 0 bridgehead atoms. The third kappa shape index (κ3) is 3.77. The van der Waals surface area contributed by atoms with E-state index < -0.39 is 0 Å². The number of pyridine rings is 1. The number of aromatic nitrogens is 7. The molecule has 10 heteroatoms. The number of fused-ring (bicyclic) bond motifs is 3. The van der Waals surface area contributed by atoms with E-state index in [1.54, 1.807) is 17.0 Å². The fraction of sp³-hybridized carbons (Fsp3) is 0.227. The standard InChI is InChI=1S/C22H20BrN7O2/c1-2-3-12-29-19-18(26-21(23)27-19)20-25-17(28-30(20)22(29)31)13-32-16-6-4-14(5-7-16)15-8-10-24-11-9-15/h4-11H,2-3,12-13H2,1H3,(H,26,27). The van der Waals surface area contributed by atoms with Crippen molar-refractivity contribution < 1.29 is 4.74 Å². The highest BCUT2D eigenvalue weighted by molar-refractivity contribution is 9.10. The average Bonchev–Trinajstić information content (AvgIpc) is 3.42. The minimum atomic E-state index is -0.264. The number of halogens is 1. The van der Waals surface area contributed by atoms with Gasteiger partial charge in [-0.2, -0.15) is 4.52 Å². The lowest BCUT2D eigenvalue weighted by molar-refractivity contribution is 0.296. The SMILES string of the molecule is CCCCn1c(=O)n2nc(COc3ccc(-c4ccncc4)cc3)nc2c2[nH]c(Br)nc21. The topological polar surface area (TPSA) is 103 Å². The number of nitrogens with one attached hydrogen (secondary N) is 1. The van der Waals surface area contributed by atoms with Gasteiger partial charge >= 0.3 is 5.69 Å². The van der Waals surface area contributed by atoms with Gasteiger partial charge in [0.05, 0.1) is 0 Å². The molecule has 5 aromatic rings. The minimum Gasteiger partial charge on any atom is -0.486 e. The lowest BCUT2D eigenvalue weighted by Gasteiger charge is -2.06. The summed E-state index contributed by atoms with van der Waals surface area (Å²) >= 11 is 3.36. The molecule has 0 saturated carbocycles. The number of hydrogen-bond acceptors (Lipinski definition) is 6. The first-order chi connectivity index (χ1) is 15.6. The zero-order chi connectivity index (χ0) is 22.1. The molecule has 0 amide bonds. The summed E-state index contributed by atoms with van der Waals surface area (Å²) in [5.74, 6) is 1.11. The number of benzene rings is 1. The summed E-state index contributed by atoms with van der Waals surface area (Å²) in [6, 6.07) is 11.7. The van der Waals surface area contributed by atoms with E-state index >= 15 is 0 Å². The smallest absolute Gasteiger partial charge is 0.352 e. The van der Waals surface area contributed by atoms with Gasteiger partial charge in [-0.05, 0) is 57.7 Å². The molecular weight excluding hydrogens is 474 g/mol. The molecule has 1 N–H and O–H groups in total. The van der Waals surface area contributed by atoms with Crippen molar-refractivity contribution in [3.63, 3.8) is 0 Å². The van der Waals surface area contributed by atoms with Crippen LogP contribution in [0.4, 0.5) is 0 Å². The highest BCUT2D eigenvalue weighted by Crippen LogP contribution is 2.22. The molecule has 0 saturated heterocycles. The molecule has 0 atom stereocenters. The van der Waals surface area contributed by atoms with Crippen LogP contribution in [0.25, 0.3) is 27.9 Å². The van der Waals surface area contributed by atoms with Gasteiger partial charge in [0.2, 0.25) is 0 Å². The maximum Gasteiger partial charge on any atom is 0.352 e. The predicted molar refractivity (Wildman–Crippen MR) is 124 cm³/mol. The molecule has 4 aromatic heterocycles. The summed E-state index contributed by atoms with van der Waals surface area (Å²) in [7, 11) is 0. The Morgan fingerprint density at radius 1 is 1.03 bits per heavy atom. The van der Waals surface area contributed by atoms with Crippen molar-refractivity contribution in [1.82, 2.24) is 34.1 Å². The number of rotatable bonds is 7. The van der Waals surface area contributed by atoms with Gasteiger partial charge in [-0.25, -0.2) is 14.8 Å². The molecule has 4 heterocycles. The Hall–Kier alpha value is -3.53. The van der Waals surface area contributed by atoms with Crippen LogP contribution in [0.3, 0.4) is 0 Å². The summed E-state index contributed by atoms with van der Waals surface area (Å²) in [4.78, 5) is 29.2. The molecule has 32 heavy (non-hydrogen) atoms. The average molecular weight is 494 g/mol. The Kier molecular flexibility index (Phi) is 5.44. The van der Waals surface area contributed by atoms with Crippen molar-refractivity contribution in [2.75, 3.05) is 0 Å². The Balaban J connectivity index is 1.42. The van der Waals surface area contributed by atoms with E-state index in [2.05, 4.69) is 47.9 Å². The van der Waals surface area contributed by atoms with E-state index in [0.29, 0.717) is 39.7 Å². The fourth-order valence-electron chi connectivity index (χ4n) is 3.56. The van der Waals surface area contributed by atoms with Crippen LogP contribution in [-0.4, -0.2) is 34.1 Å². The summed E-state index contributed by atoms with van der Waals surface area (Å²) in [5, 5.41) is 4.40. The molecular formula is C22H20BrN7O2. The van der Waals surface area contributed by atoms with Crippen molar-refractivity contribution in [2.24, 2.45) is 0 Å². The monoisotopic (exact) mass is 493 g/mol. The maximum atomic E-state index is 13.0. The summed E-state index contributed by atoms with van der Waals surface area (Å²) in [6.07, 6.45) is 5.36. The molecule has 162 valence electrons. The molecule has 0 aliphatic carbocycles. The van der Waals surface area contributed by atoms with Gasteiger partial charge in [-0.3, -0.25) is 9.55 Å². The highest BCUT2D eigenvalue weighted by atomic mass is 79.9. The van der Waals surface area contributed by atoms with Crippen molar-refractivity contribution in [3.05, 3.63) is 69.8 Å². The van der Waals surface area contributed by atoms with Gasteiger partial charge in [0.25, 0.3) is 0 Å². The number of unbranched alkanes of at least 4 members (excludes halogenated alkanes) is 1. The number of imidazole rings is 1. The third-order valence-electron chi connectivity index (χ3n) is 5.17. The van der Waals surface area contributed by atoms with E-state index in [1.807, 2.05) is 36.4 Å². The Bertz CT molecular complexity index is 1440. The molecule has 1 aromatic carbocycles. The van der Waals surface area contributed by atoms with Gasteiger partial charge in [0, 0.05) is 18.9 Å². The van der Waals surface area contributed by atoms with Crippen LogP contribution in [0, 0.1) is 0 Å². The van der Waals surface area contributed by atoms with Crippen molar-refractivity contribution in [1.29, 1.82) is 0 Å². The quantitative estimate of drug-likeness (QED) is 0.344. The largest absolute Gasteiger partial charge is 0.486 e. The van der Waals surface area contributed by atoms with E-state index in [0.717, 1.165) is 24.0 Å². The number of hydrogen-bond donors (Lipinski definition) is 1. The number of nitrogens with zero attached hydrogens (tertiary/aromatic N) is 6. The van der Waals surface area contributed by atoms with Crippen molar-refractivity contribution in [2.45, 2.75) is 32.9 Å². The second kappa shape index (κ2) is 8.54. The second-order valence-corrected chi connectivity index (χ2v) is 8.08. The fourth-order valence-corrected chi connectivity index (χ4v) is 3.92. The van der Waals surface area contributed by atoms with Crippen LogP contribution >= 0.6 is 15.9 Å². The molecule has 0 fully saturated rings. The lowest BCUT2D eigenvalue weighted by atomic mass is 10.1. The van der Waals surface area contributed by atoms with E-state index in [1.165, 1.54) is 4.52 Å². The van der Waals surface area contributed by atoms with Gasteiger partial charge in [-0.1, -0.05) is 25.5 Å². The summed E-state index contributed by atoms with van der Waals surface area (Å²) in [6.45, 7) is 2.78. The zero-order valence-electron chi connectivity index (χ0n) is 17.3. The molecule has 0 aliphatic heterocycles. The van der Waals surface area contributed by atoms with Crippen LogP contribution in [0.2, 0.25) is 0 Å². The predicted octanol–water partition coefficient (Wildman–Crippen LogP) is 3.97. The van der Waals surface area contributed by atoms with Crippen molar-refractivity contribution in [3.8, 4) is 16.9 Å². The molecule has 0 unspecified atom stereocenters. The Labute approximate surface area is 191 Å². The first-order valence-corrected chi connectivity index (χ1v) is 11.1. The normalized spacial score (nSPS) is 11.4. The van der Waals surface area contributed by atoms with Gasteiger partial charge in [0.15, 0.2) is 21.9 Å². The molecule has 0 radical (unpaired) electrons. The van der Waals surface area contributed by atoms with Gasteiger partial charge < -0.3 is 9.72 Å². The third-order valence-corrected chi connectivity index (χ3v) is 5.54. The number of aryl methyl sites for hydroxylation is 1. The van der Waals surface area contributed by atoms with Gasteiger partial charge in [-0.15, -0.1) is 5.10 Å². The van der Waals surface area contributed by atoms with Crippen LogP contribution in [-0.2, 0) is 13.2 Å². The van der Waals surface area contributed by atoms with E-state index in [4.69, 9.17) is 4.74 Å². The first kappa shape index (κ1) is 20.4. The maximum absolute atomic E-state index is 13.0. The number of ether oxygens (including phenoxy) is 1. The van der Waals surface area contributed by atoms with Crippen LogP contribution in [0.5, 0.6) is 5.75 Å². The molecule has 9 nitrogen and oxygen atoms in total. The molecule has 5 rings (SSSR count).